The molecule has 14 atom stereocenters. The van der Waals surface area contributed by atoms with Crippen LogP contribution in [0.2, 0.25) is 0 Å². The number of hydrogen-bond acceptors (Lipinski definition) is 16. The first kappa shape index (κ1) is 39.5. The molecule has 1 aliphatic carbocycles. The summed E-state index contributed by atoms with van der Waals surface area (Å²) in [7, 11) is 1.54. The van der Waals surface area contributed by atoms with Gasteiger partial charge in [-0.2, -0.15) is 0 Å². The van der Waals surface area contributed by atoms with Crippen molar-refractivity contribution in [2.75, 3.05) is 20.2 Å². The number of carbonyl (C=O) groups is 2. The van der Waals surface area contributed by atoms with Crippen LogP contribution >= 0.6 is 0 Å². The van der Waals surface area contributed by atoms with E-state index in [9.17, 15) is 40.2 Å². The van der Waals surface area contributed by atoms with Crippen LogP contribution in [0, 0.1) is 0 Å². The fourth-order valence-corrected chi connectivity index (χ4v) is 5.77. The Labute approximate surface area is 274 Å². The molecule has 1 saturated carbocycles. The van der Waals surface area contributed by atoms with Gasteiger partial charge in [-0.25, -0.2) is 9.59 Å². The third kappa shape index (κ3) is 10.3. The predicted molar refractivity (Wildman–Crippen MR) is 162 cm³/mol. The second-order valence-electron chi connectivity index (χ2n) is 14.5. The van der Waals surface area contributed by atoms with Crippen LogP contribution in [0.4, 0.5) is 9.59 Å². The third-order valence-corrected chi connectivity index (χ3v) is 7.96. The van der Waals surface area contributed by atoms with Crippen molar-refractivity contribution in [1.82, 2.24) is 16.0 Å². The molecule has 0 aromatic carbocycles. The maximum atomic E-state index is 12.8. The van der Waals surface area contributed by atoms with Crippen LogP contribution < -0.4 is 21.7 Å². The van der Waals surface area contributed by atoms with Crippen LogP contribution in [0.5, 0.6) is 0 Å². The molecule has 0 bridgehead atoms. The monoisotopic (exact) mass is 682 g/mol. The summed E-state index contributed by atoms with van der Waals surface area (Å²) >= 11 is 0. The van der Waals surface area contributed by atoms with Gasteiger partial charge in [-0.3, -0.25) is 0 Å². The molecule has 3 rings (SSSR count). The number of carbonyl (C=O) groups excluding carboxylic acids is 2. The Morgan fingerprint density at radius 1 is 0.851 bits per heavy atom. The van der Waals surface area contributed by atoms with Crippen LogP contribution in [-0.2, 0) is 28.4 Å². The van der Waals surface area contributed by atoms with E-state index in [1.165, 1.54) is 6.92 Å². The largest absolute Gasteiger partial charge is 0.444 e. The fourth-order valence-electron chi connectivity index (χ4n) is 5.77. The molecule has 2 saturated heterocycles. The minimum Gasteiger partial charge on any atom is -0.444 e. The Bertz CT molecular complexity index is 1050. The summed E-state index contributed by atoms with van der Waals surface area (Å²) in [6.45, 7) is 10.8. The van der Waals surface area contributed by atoms with Crippen molar-refractivity contribution in [3.63, 3.8) is 0 Å². The number of ether oxygens (including phenoxy) is 6. The molecule has 0 spiro atoms. The molecule has 18 heteroatoms. The quantitative estimate of drug-likeness (QED) is 0.123. The van der Waals surface area contributed by atoms with Gasteiger partial charge in [0.25, 0.3) is 0 Å². The molecule has 3 fully saturated rings. The van der Waals surface area contributed by atoms with Crippen molar-refractivity contribution in [2.45, 2.75) is 151 Å². The predicted octanol–water partition coefficient (Wildman–Crippen LogP) is -2.87. The summed E-state index contributed by atoms with van der Waals surface area (Å²) in [5.41, 5.74) is 3.27. The first-order valence-corrected chi connectivity index (χ1v) is 15.6. The second kappa shape index (κ2) is 15.3. The van der Waals surface area contributed by atoms with E-state index < -0.39 is 109 Å². The smallest absolute Gasteiger partial charge is 0.407 e. The number of nitrogens with two attached hydrogens (primary N) is 1. The second-order valence-corrected chi connectivity index (χ2v) is 14.5. The molecule has 2 aliphatic heterocycles. The number of hydrogen-bond donors (Lipinski definition) is 10. The van der Waals surface area contributed by atoms with Crippen molar-refractivity contribution >= 4 is 12.2 Å². The van der Waals surface area contributed by atoms with Crippen molar-refractivity contribution in [3.8, 4) is 0 Å². The third-order valence-electron chi connectivity index (χ3n) is 7.96. The van der Waals surface area contributed by atoms with Gasteiger partial charge in [0.15, 0.2) is 12.6 Å². The van der Waals surface area contributed by atoms with Crippen LogP contribution in [0.15, 0.2) is 0 Å². The molecule has 11 N–H and O–H groups in total. The summed E-state index contributed by atoms with van der Waals surface area (Å²) in [6, 6.07) is -2.89. The van der Waals surface area contributed by atoms with Crippen LogP contribution in [0.3, 0.4) is 0 Å². The zero-order valence-electron chi connectivity index (χ0n) is 28.2. The van der Waals surface area contributed by atoms with Gasteiger partial charge in [0, 0.05) is 12.6 Å². The summed E-state index contributed by atoms with van der Waals surface area (Å²) in [5.74, 6) is 0. The number of aliphatic hydroxyl groups excluding tert-OH is 5. The minimum atomic E-state index is -1.84. The van der Waals surface area contributed by atoms with E-state index >= 15 is 0 Å². The molecule has 47 heavy (non-hydrogen) atoms. The molecule has 0 aromatic heterocycles. The molecular formula is C29H54N4O14. The van der Waals surface area contributed by atoms with Gasteiger partial charge in [0.1, 0.15) is 65.6 Å². The molecule has 18 nitrogen and oxygen atoms in total. The molecule has 274 valence electrons. The Morgan fingerprint density at radius 2 is 1.43 bits per heavy atom. The fraction of sp³-hybridized carbons (Fsp3) is 0.931. The molecular weight excluding hydrogens is 628 g/mol. The van der Waals surface area contributed by atoms with Crippen molar-refractivity contribution in [3.05, 3.63) is 0 Å². The van der Waals surface area contributed by atoms with E-state index in [4.69, 9.17) is 34.2 Å². The highest BCUT2D eigenvalue weighted by atomic mass is 16.7. The number of alkyl carbamates (subject to hydrolysis) is 2. The van der Waals surface area contributed by atoms with Crippen LogP contribution in [0.25, 0.3) is 0 Å². The van der Waals surface area contributed by atoms with E-state index in [0.29, 0.717) is 0 Å². The summed E-state index contributed by atoms with van der Waals surface area (Å²) in [6.07, 6.45) is -17.1. The Hall–Kier alpha value is -1.94. The molecule has 2 amide bonds. The average Bonchev–Trinajstić information content (AvgIpc) is 2.91. The van der Waals surface area contributed by atoms with E-state index in [0.717, 1.165) is 0 Å². The molecule has 2 heterocycles. The number of nitrogens with one attached hydrogen (secondary N) is 3. The summed E-state index contributed by atoms with van der Waals surface area (Å²) in [5, 5.41) is 73.0. The van der Waals surface area contributed by atoms with Crippen LogP contribution in [-0.4, -0.2) is 159 Å². The Balaban J connectivity index is 1.83. The normalized spacial score (nSPS) is 41.6. The Morgan fingerprint density at radius 3 is 2.00 bits per heavy atom. The average molecular weight is 683 g/mol. The number of rotatable bonds is 8. The van der Waals surface area contributed by atoms with Gasteiger partial charge < -0.3 is 80.7 Å². The van der Waals surface area contributed by atoms with E-state index in [1.807, 2.05) is 0 Å². The lowest BCUT2D eigenvalue weighted by Crippen LogP contribution is -2.69. The van der Waals surface area contributed by atoms with Gasteiger partial charge in [-0.15, -0.1) is 0 Å². The zero-order chi connectivity index (χ0) is 35.6. The molecule has 0 radical (unpaired) electrons. The van der Waals surface area contributed by atoms with Crippen molar-refractivity contribution < 1.29 is 68.6 Å². The molecule has 3 aliphatic rings. The number of amides is 2. The first-order chi connectivity index (χ1) is 21.5. The maximum Gasteiger partial charge on any atom is 0.407 e. The van der Waals surface area contributed by atoms with Gasteiger partial charge >= 0.3 is 12.2 Å². The van der Waals surface area contributed by atoms with Gasteiger partial charge in [0.05, 0.1) is 18.7 Å². The molecule has 0 unspecified atom stereocenters. The summed E-state index contributed by atoms with van der Waals surface area (Å²) < 4.78 is 33.8. The lowest BCUT2D eigenvalue weighted by molar-refractivity contribution is -0.331. The first-order valence-electron chi connectivity index (χ1n) is 15.6. The van der Waals surface area contributed by atoms with Crippen molar-refractivity contribution in [2.24, 2.45) is 5.73 Å². The highest BCUT2D eigenvalue weighted by Gasteiger charge is 2.53. The van der Waals surface area contributed by atoms with Gasteiger partial charge in [0.2, 0.25) is 0 Å². The minimum absolute atomic E-state index is 0.0702. The maximum absolute atomic E-state index is 12.8. The lowest BCUT2D eigenvalue weighted by Gasteiger charge is -2.49. The van der Waals surface area contributed by atoms with E-state index in [-0.39, 0.29) is 19.6 Å². The van der Waals surface area contributed by atoms with Crippen LogP contribution in [0.1, 0.15) is 54.9 Å². The van der Waals surface area contributed by atoms with Gasteiger partial charge in [-0.1, -0.05) is 0 Å². The lowest BCUT2D eigenvalue weighted by atomic mass is 9.83. The topological polar surface area (TPSA) is 273 Å². The number of aliphatic hydroxyl groups is 6. The highest BCUT2D eigenvalue weighted by molar-refractivity contribution is 5.68. The number of likely N-dealkylation sites (N-methyl/N-ethyl adjacent to an activating group) is 1. The Kier molecular flexibility index (Phi) is 12.9. The molecule has 0 aromatic rings. The standard InChI is InChI=1S/C29H54N4O14/c1-27(2,3)46-25(39)32-10-14-15(34)16(35)17(36)24(43-14)45-21-13(33-26(40)47-28(4,5)6)9-12(30)20(18(21)37)44-23-19(38)22(31-8)29(7,41)11-42-23/h12-24,31,34-38,41H,9-11,30H2,1-8H3,(H,32,39)(H,33,40)/t12-,13+,14-,15-,16+,17-,18-,19-,20+,21-,22-,23-,24-,29+/m1/s1. The van der Waals surface area contributed by atoms with E-state index in [1.54, 1.807) is 48.6 Å². The van der Waals surface area contributed by atoms with Gasteiger partial charge in [-0.05, 0) is 61.9 Å². The van der Waals surface area contributed by atoms with E-state index in [2.05, 4.69) is 16.0 Å². The zero-order valence-corrected chi connectivity index (χ0v) is 28.2. The highest BCUT2D eigenvalue weighted by Crippen LogP contribution is 2.33. The SMILES string of the molecule is CN[C@@H]1[C@@H](O)[C@@H](O[C@@H]2[C@@H](O)[C@H](O[C@H]3O[C@H](CNC(=O)OC(C)(C)C)[C@@H](O)[C@H](O)[C@H]3O)[C@@H](NC(=O)OC(C)(C)C)C[C@H]2N)OC[C@]1(C)O. The van der Waals surface area contributed by atoms with Crippen molar-refractivity contribution in [1.29, 1.82) is 0 Å². The summed E-state index contributed by atoms with van der Waals surface area (Å²) in [4.78, 5) is 25.0.